The lowest BCUT2D eigenvalue weighted by molar-refractivity contribution is -0.175. The predicted molar refractivity (Wildman–Crippen MR) is 296 cm³/mol. The number of aliphatic imine (C=N–C) groups is 1. The molecule has 0 radical (unpaired) electrons. The van der Waals surface area contributed by atoms with Gasteiger partial charge in [-0.25, -0.2) is 4.67 Å². The summed E-state index contributed by atoms with van der Waals surface area (Å²) in [6.07, 6.45) is 4.79. The lowest BCUT2D eigenvalue weighted by atomic mass is 9.80. The van der Waals surface area contributed by atoms with Crippen LogP contribution in [0, 0.1) is 11.3 Å². The van der Waals surface area contributed by atoms with Crippen LogP contribution in [0.15, 0.2) is 83.9 Å². The van der Waals surface area contributed by atoms with Crippen LogP contribution < -0.4 is 30.7 Å². The predicted octanol–water partition coefficient (Wildman–Crippen LogP) is 10.1. The van der Waals surface area contributed by atoms with Crippen LogP contribution in [0.5, 0.6) is 11.5 Å². The minimum absolute atomic E-state index is 0.0156. The van der Waals surface area contributed by atoms with Gasteiger partial charge in [-0.2, -0.15) is 18.4 Å². The van der Waals surface area contributed by atoms with E-state index in [0.29, 0.717) is 34.6 Å². The Morgan fingerprint density at radius 1 is 0.810 bits per heavy atom. The molecule has 4 unspecified atom stereocenters. The summed E-state index contributed by atoms with van der Waals surface area (Å²) >= 11 is 0. The van der Waals surface area contributed by atoms with E-state index in [-0.39, 0.29) is 44.0 Å². The first-order chi connectivity index (χ1) is 38.1. The zero-order valence-corrected chi connectivity index (χ0v) is 47.7. The number of unbranched alkanes of at least 4 members (excludes halogenated alkanes) is 12. The standard InChI is InChI=1S/C58H82F3N8O9P/c1-8-9-10-11-12-13-14-15-16-17-18-19-23-27-48(70)64-56-66-52-50(53(71)67-56)63-39-68(52)54-49(65-55(72)58(59,60)61)51(78-79(76-37-24-36-62)69(40(2)3)41(4)5)47(77-54)38-75-57(42-25-21-20-22-26-42,43-28-32-45(73-6)33-29-43)44-30-34-46(74-7)35-31-44/h20-22,25-26,28-35,39-41,47,49-52,54,56,66H,8-19,23-24,27,37-38H2,1-7H3,(H,64,70)(H,65,72)(H,67,71)/t47-,49-,50?,51-,52?,54-,56?,79?/m1/s1. The number of amides is 3. The van der Waals surface area contributed by atoms with Crippen molar-refractivity contribution in [3.63, 3.8) is 0 Å². The summed E-state index contributed by atoms with van der Waals surface area (Å²) in [6.45, 7) is 9.44. The largest absolute Gasteiger partial charge is 0.497 e. The minimum Gasteiger partial charge on any atom is -0.497 e. The van der Waals surface area contributed by atoms with E-state index in [9.17, 15) is 32.8 Å². The van der Waals surface area contributed by atoms with Crippen LogP contribution in [0.2, 0.25) is 0 Å². The summed E-state index contributed by atoms with van der Waals surface area (Å²) < 4.78 is 84.3. The molecular formula is C58H82F3N8O9P. The number of rotatable bonds is 33. The summed E-state index contributed by atoms with van der Waals surface area (Å²) in [5, 5.41) is 20.6. The molecule has 0 bridgehead atoms. The van der Waals surface area contributed by atoms with Gasteiger partial charge in [-0.05, 0) is 75.1 Å². The molecule has 3 aliphatic heterocycles. The zero-order chi connectivity index (χ0) is 57.0. The van der Waals surface area contributed by atoms with Gasteiger partial charge in [-0.1, -0.05) is 139 Å². The molecule has 3 amide bonds. The SMILES string of the molecule is CCCCCCCCCCCCCCCC(=O)NC1NC(=O)C2N=CN([C@@H]3O[C@H](COC(c4ccccc4)(c4ccc(OC)cc4)c4ccc(OC)cc4)[C@@H](OP(OCCC#N)N(C(C)C)C(C)C)[C@H]3NC(=O)C(F)(F)F)C2N1. The Kier molecular flexibility index (Phi) is 24.6. The van der Waals surface area contributed by atoms with Crippen molar-refractivity contribution in [1.82, 2.24) is 30.8 Å². The van der Waals surface area contributed by atoms with E-state index in [1.54, 1.807) is 38.5 Å². The molecule has 21 heteroatoms. The van der Waals surface area contributed by atoms with Crippen molar-refractivity contribution in [1.29, 1.82) is 5.26 Å². The number of nitrogens with one attached hydrogen (secondary N) is 4. The normalized spacial score (nSPS) is 21.5. The molecule has 2 fully saturated rings. The zero-order valence-electron chi connectivity index (χ0n) is 46.8. The Bertz CT molecular complexity index is 2360. The second-order valence-electron chi connectivity index (χ2n) is 20.8. The summed E-state index contributed by atoms with van der Waals surface area (Å²) in [6, 6.07) is 22.8. The Morgan fingerprint density at radius 3 is 1.87 bits per heavy atom. The van der Waals surface area contributed by atoms with Gasteiger partial charge in [0.05, 0.1) is 46.3 Å². The van der Waals surface area contributed by atoms with Crippen molar-refractivity contribution < 1.29 is 55.5 Å². The van der Waals surface area contributed by atoms with Crippen LogP contribution in [0.1, 0.15) is 148 Å². The fraction of sp³-hybridized carbons (Fsp3) is 0.603. The second-order valence-corrected chi connectivity index (χ2v) is 22.2. The third-order valence-corrected chi connectivity index (χ3v) is 16.5. The molecule has 0 aliphatic carbocycles. The van der Waals surface area contributed by atoms with Crippen LogP contribution >= 0.6 is 8.53 Å². The van der Waals surface area contributed by atoms with E-state index in [0.717, 1.165) is 19.3 Å². The van der Waals surface area contributed by atoms with Crippen molar-refractivity contribution >= 4 is 32.6 Å². The molecule has 6 rings (SSSR count). The maximum atomic E-state index is 14.6. The van der Waals surface area contributed by atoms with Gasteiger partial charge >= 0.3 is 12.1 Å². The third-order valence-electron chi connectivity index (χ3n) is 14.4. The Balaban J connectivity index is 1.31. The molecule has 0 aromatic heterocycles. The van der Waals surface area contributed by atoms with Crippen molar-refractivity contribution in [3.05, 3.63) is 95.6 Å². The molecule has 2 saturated heterocycles. The summed E-state index contributed by atoms with van der Waals surface area (Å²) in [7, 11) is 0.919. The number of benzene rings is 3. The first kappa shape index (κ1) is 62.8. The van der Waals surface area contributed by atoms with E-state index in [1.165, 1.54) is 69.0 Å². The van der Waals surface area contributed by atoms with Crippen molar-refractivity contribution in [2.24, 2.45) is 4.99 Å². The average molecular weight is 1120 g/mol. The van der Waals surface area contributed by atoms with E-state index >= 15 is 0 Å². The van der Waals surface area contributed by atoms with Crippen molar-refractivity contribution in [2.75, 3.05) is 27.4 Å². The maximum absolute atomic E-state index is 14.6. The Labute approximate surface area is 466 Å². The smallest absolute Gasteiger partial charge is 0.471 e. The number of nitriles is 1. The van der Waals surface area contributed by atoms with Gasteiger partial charge in [0.15, 0.2) is 18.6 Å². The second kappa shape index (κ2) is 31.0. The number of methoxy groups -OCH3 is 2. The first-order valence-corrected chi connectivity index (χ1v) is 29.1. The molecule has 79 heavy (non-hydrogen) atoms. The molecule has 434 valence electrons. The fourth-order valence-electron chi connectivity index (χ4n) is 10.5. The lowest BCUT2D eigenvalue weighted by Gasteiger charge is -2.41. The number of alkyl halides is 3. The van der Waals surface area contributed by atoms with Crippen molar-refractivity contribution in [2.45, 2.75) is 198 Å². The van der Waals surface area contributed by atoms with E-state index in [2.05, 4.69) is 39.3 Å². The van der Waals surface area contributed by atoms with Crippen LogP contribution in [-0.2, 0) is 38.5 Å². The minimum atomic E-state index is -5.35. The number of hydrogen-bond acceptors (Lipinski definition) is 14. The van der Waals surface area contributed by atoms with E-state index in [4.69, 9.17) is 28.0 Å². The van der Waals surface area contributed by atoms with Crippen molar-refractivity contribution in [3.8, 4) is 17.6 Å². The van der Waals surface area contributed by atoms with Gasteiger partial charge < -0.3 is 48.8 Å². The van der Waals surface area contributed by atoms with Gasteiger partial charge in [-0.15, -0.1) is 0 Å². The third kappa shape index (κ3) is 17.1. The number of nitrogens with zero attached hydrogens (tertiary/aromatic N) is 4. The number of fused-ring (bicyclic) bond motifs is 1. The molecule has 0 saturated carbocycles. The van der Waals surface area contributed by atoms with Gasteiger partial charge in [0.1, 0.15) is 41.5 Å². The molecule has 3 aliphatic rings. The Hall–Kier alpha value is -5.39. The first-order valence-electron chi connectivity index (χ1n) is 28.0. The summed E-state index contributed by atoms with van der Waals surface area (Å²) in [5.41, 5.74) is 0.552. The summed E-state index contributed by atoms with van der Waals surface area (Å²) in [5.74, 6) is -1.97. The lowest BCUT2D eigenvalue weighted by Crippen LogP contribution is -2.72. The van der Waals surface area contributed by atoms with Gasteiger partial charge in [0.2, 0.25) is 5.91 Å². The molecule has 3 aromatic rings. The molecule has 8 atom stereocenters. The number of carbonyl (C=O) groups excluding carboxylic acids is 3. The topological polar surface area (TPSA) is 197 Å². The molecule has 3 heterocycles. The van der Waals surface area contributed by atoms with Gasteiger partial charge in [0, 0.05) is 18.5 Å². The highest BCUT2D eigenvalue weighted by Gasteiger charge is 2.57. The maximum Gasteiger partial charge on any atom is 0.471 e. The fourth-order valence-corrected chi connectivity index (χ4v) is 12.2. The Morgan fingerprint density at radius 2 is 1.35 bits per heavy atom. The highest BCUT2D eigenvalue weighted by molar-refractivity contribution is 7.44. The van der Waals surface area contributed by atoms with Gasteiger partial charge in [0.25, 0.3) is 14.4 Å². The van der Waals surface area contributed by atoms with Crippen LogP contribution in [-0.4, -0.2) is 122 Å². The van der Waals surface area contributed by atoms with Crippen LogP contribution in [0.25, 0.3) is 0 Å². The van der Waals surface area contributed by atoms with E-state index in [1.807, 2.05) is 87.0 Å². The highest BCUT2D eigenvalue weighted by Crippen LogP contribution is 2.50. The van der Waals surface area contributed by atoms with Crippen LogP contribution in [0.4, 0.5) is 13.2 Å². The molecule has 3 aromatic carbocycles. The van der Waals surface area contributed by atoms with Crippen LogP contribution in [0.3, 0.4) is 0 Å². The molecular weight excluding hydrogens is 1040 g/mol. The number of ether oxygens (including phenoxy) is 4. The quantitative estimate of drug-likeness (QED) is 0.0256. The molecule has 0 spiro atoms. The highest BCUT2D eigenvalue weighted by atomic mass is 31.2. The number of halogens is 3. The molecule has 4 N–H and O–H groups in total. The average Bonchev–Trinajstić information content (AvgIpc) is 4.02. The monoisotopic (exact) mass is 1120 g/mol. The van der Waals surface area contributed by atoms with E-state index < -0.39 is 75.1 Å². The van der Waals surface area contributed by atoms with Gasteiger partial charge in [-0.3, -0.25) is 24.7 Å². The molecule has 17 nitrogen and oxygen atoms in total. The summed E-state index contributed by atoms with van der Waals surface area (Å²) in [4.78, 5) is 46.4. The number of hydrogen-bond donors (Lipinski definition) is 4. The number of carbonyl (C=O) groups is 3.